The van der Waals surface area contributed by atoms with Gasteiger partial charge in [0.25, 0.3) is 0 Å². The molecule has 3 nitrogen and oxygen atoms in total. The number of hydrogen-bond acceptors (Lipinski definition) is 3. The van der Waals surface area contributed by atoms with E-state index in [2.05, 4.69) is 0 Å². The zero-order valence-corrected chi connectivity index (χ0v) is 10.2. The molecule has 0 N–H and O–H groups in total. The smallest absolute Gasteiger partial charge is 0.170 e. The van der Waals surface area contributed by atoms with Crippen LogP contribution in [0.2, 0.25) is 0 Å². The minimum absolute atomic E-state index is 0.00468. The minimum atomic E-state index is -0.00468. The molecule has 1 aromatic carbocycles. The Bertz CT molecular complexity index is 341. The first kappa shape index (κ1) is 12.8. The highest BCUT2D eigenvalue weighted by atomic mass is 35.5. The van der Waals surface area contributed by atoms with E-state index in [1.807, 2.05) is 0 Å². The molecule has 0 atom stereocenters. The van der Waals surface area contributed by atoms with Gasteiger partial charge in [-0.3, -0.25) is 4.79 Å². The van der Waals surface area contributed by atoms with Crippen LogP contribution in [-0.2, 0) is 0 Å². The lowest BCUT2D eigenvalue weighted by Crippen LogP contribution is -2.05. The molecular weight excluding hydrogens is 228 g/mol. The van der Waals surface area contributed by atoms with Gasteiger partial charge < -0.3 is 9.47 Å². The summed E-state index contributed by atoms with van der Waals surface area (Å²) in [5.74, 6) is 1.55. The van der Waals surface area contributed by atoms with Crippen LogP contribution < -0.4 is 9.47 Å². The van der Waals surface area contributed by atoms with Crippen molar-refractivity contribution in [3.63, 3.8) is 0 Å². The van der Waals surface area contributed by atoms with E-state index in [0.717, 1.165) is 0 Å². The number of rotatable bonds is 6. The zero-order valence-electron chi connectivity index (χ0n) is 9.46. The molecule has 0 heterocycles. The van der Waals surface area contributed by atoms with Gasteiger partial charge in [0.05, 0.1) is 14.2 Å². The molecule has 88 valence electrons. The third kappa shape index (κ3) is 2.89. The van der Waals surface area contributed by atoms with Crippen molar-refractivity contribution in [1.29, 1.82) is 0 Å². The second-order valence-electron chi connectivity index (χ2n) is 3.25. The van der Waals surface area contributed by atoms with Gasteiger partial charge in [-0.15, -0.1) is 11.6 Å². The summed E-state index contributed by atoms with van der Waals surface area (Å²) in [5.41, 5.74) is 0.498. The van der Waals surface area contributed by atoms with Gasteiger partial charge in [-0.05, 0) is 18.6 Å². The van der Waals surface area contributed by atoms with E-state index in [1.54, 1.807) is 18.2 Å². The Labute approximate surface area is 100 Å². The molecule has 0 aromatic heterocycles. The Morgan fingerprint density at radius 1 is 1.25 bits per heavy atom. The number of Topliss-reactive ketones (excluding diaryl/α,β-unsaturated/α-hetero) is 1. The van der Waals surface area contributed by atoms with Crippen molar-refractivity contribution in [1.82, 2.24) is 0 Å². The number of alkyl halides is 1. The predicted octanol–water partition coefficient (Wildman–Crippen LogP) is 2.91. The highest BCUT2D eigenvalue weighted by Crippen LogP contribution is 2.29. The molecule has 0 aliphatic rings. The molecule has 0 spiro atoms. The fourth-order valence-electron chi connectivity index (χ4n) is 1.48. The van der Waals surface area contributed by atoms with Crippen molar-refractivity contribution < 1.29 is 14.3 Å². The van der Waals surface area contributed by atoms with Crippen molar-refractivity contribution in [3.05, 3.63) is 23.8 Å². The molecule has 1 rings (SSSR count). The number of halogens is 1. The van der Waals surface area contributed by atoms with Gasteiger partial charge in [0.1, 0.15) is 17.1 Å². The maximum absolute atomic E-state index is 11.9. The largest absolute Gasteiger partial charge is 0.496 e. The number of ketones is 1. The molecule has 0 bridgehead atoms. The van der Waals surface area contributed by atoms with Crippen molar-refractivity contribution in [3.8, 4) is 11.5 Å². The molecule has 0 saturated heterocycles. The number of hydrogen-bond donors (Lipinski definition) is 0. The second kappa shape index (κ2) is 6.38. The molecular formula is C12H15ClO3. The van der Waals surface area contributed by atoms with E-state index in [0.29, 0.717) is 35.8 Å². The number of ether oxygens (including phenoxy) is 2. The molecule has 0 aliphatic heterocycles. The Kier molecular flexibility index (Phi) is 5.12. The van der Waals surface area contributed by atoms with E-state index < -0.39 is 0 Å². The Morgan fingerprint density at radius 3 is 2.25 bits per heavy atom. The minimum Gasteiger partial charge on any atom is -0.496 e. The summed E-state index contributed by atoms with van der Waals surface area (Å²) in [6, 6.07) is 5.28. The molecule has 16 heavy (non-hydrogen) atoms. The van der Waals surface area contributed by atoms with Gasteiger partial charge in [-0.1, -0.05) is 6.07 Å². The normalized spacial score (nSPS) is 9.94. The standard InChI is InChI=1S/C12H15ClO3/c1-15-10-6-3-7-11(16-2)12(10)9(14)5-4-8-13/h3,6-7H,4-5,8H2,1-2H3. The van der Waals surface area contributed by atoms with Crippen LogP contribution in [0.3, 0.4) is 0 Å². The highest BCUT2D eigenvalue weighted by Gasteiger charge is 2.17. The van der Waals surface area contributed by atoms with Crippen molar-refractivity contribution in [2.75, 3.05) is 20.1 Å². The van der Waals surface area contributed by atoms with E-state index in [4.69, 9.17) is 21.1 Å². The van der Waals surface area contributed by atoms with Crippen LogP contribution in [0.5, 0.6) is 11.5 Å². The quantitative estimate of drug-likeness (QED) is 0.568. The van der Waals surface area contributed by atoms with E-state index in [9.17, 15) is 4.79 Å². The average molecular weight is 243 g/mol. The first-order valence-corrected chi connectivity index (χ1v) is 5.58. The van der Waals surface area contributed by atoms with Crippen molar-refractivity contribution in [2.45, 2.75) is 12.8 Å². The lowest BCUT2D eigenvalue weighted by atomic mass is 10.0. The van der Waals surface area contributed by atoms with E-state index in [-0.39, 0.29) is 5.78 Å². The summed E-state index contributed by atoms with van der Waals surface area (Å²) in [6.45, 7) is 0. The molecule has 4 heteroatoms. The van der Waals surface area contributed by atoms with Gasteiger partial charge >= 0.3 is 0 Å². The van der Waals surface area contributed by atoms with Crippen LogP contribution in [0.4, 0.5) is 0 Å². The second-order valence-corrected chi connectivity index (χ2v) is 3.63. The summed E-state index contributed by atoms with van der Waals surface area (Å²) in [7, 11) is 3.07. The number of carbonyl (C=O) groups excluding carboxylic acids is 1. The summed E-state index contributed by atoms with van der Waals surface area (Å²) >= 11 is 5.57. The summed E-state index contributed by atoms with van der Waals surface area (Å²) < 4.78 is 10.3. The molecule has 0 aliphatic carbocycles. The summed E-state index contributed by atoms with van der Waals surface area (Å²) in [5, 5.41) is 0. The molecule has 0 unspecified atom stereocenters. The Morgan fingerprint density at radius 2 is 1.81 bits per heavy atom. The van der Waals surface area contributed by atoms with Crippen LogP contribution in [0.1, 0.15) is 23.2 Å². The van der Waals surface area contributed by atoms with Gasteiger partial charge in [0, 0.05) is 12.3 Å². The van der Waals surface area contributed by atoms with E-state index >= 15 is 0 Å². The Balaban J connectivity index is 3.03. The monoisotopic (exact) mass is 242 g/mol. The molecule has 0 fully saturated rings. The van der Waals surface area contributed by atoms with Crippen LogP contribution in [0.15, 0.2) is 18.2 Å². The molecule has 0 amide bonds. The van der Waals surface area contributed by atoms with Crippen LogP contribution >= 0.6 is 11.6 Å². The molecule has 1 aromatic rings. The molecule has 0 saturated carbocycles. The van der Waals surface area contributed by atoms with Gasteiger partial charge in [-0.2, -0.15) is 0 Å². The predicted molar refractivity (Wildman–Crippen MR) is 63.8 cm³/mol. The highest BCUT2D eigenvalue weighted by molar-refractivity contribution is 6.18. The van der Waals surface area contributed by atoms with Crippen LogP contribution in [0, 0.1) is 0 Å². The van der Waals surface area contributed by atoms with Crippen LogP contribution in [0.25, 0.3) is 0 Å². The first-order chi connectivity index (χ1) is 7.74. The Hall–Kier alpha value is -1.22. The number of benzene rings is 1. The summed E-state index contributed by atoms with van der Waals surface area (Å²) in [4.78, 5) is 11.9. The van der Waals surface area contributed by atoms with E-state index in [1.165, 1.54) is 14.2 Å². The van der Waals surface area contributed by atoms with Crippen molar-refractivity contribution >= 4 is 17.4 Å². The average Bonchev–Trinajstić information content (AvgIpc) is 2.34. The van der Waals surface area contributed by atoms with Gasteiger partial charge in [0.2, 0.25) is 0 Å². The SMILES string of the molecule is COc1cccc(OC)c1C(=O)CCCCl. The third-order valence-corrected chi connectivity index (χ3v) is 2.51. The first-order valence-electron chi connectivity index (χ1n) is 5.04. The number of methoxy groups -OCH3 is 2. The van der Waals surface area contributed by atoms with Gasteiger partial charge in [0.15, 0.2) is 5.78 Å². The fourth-order valence-corrected chi connectivity index (χ4v) is 1.61. The maximum Gasteiger partial charge on any atom is 0.170 e. The zero-order chi connectivity index (χ0) is 12.0. The van der Waals surface area contributed by atoms with Crippen LogP contribution in [-0.4, -0.2) is 25.9 Å². The maximum atomic E-state index is 11.9. The molecule has 0 radical (unpaired) electrons. The lowest BCUT2D eigenvalue weighted by Gasteiger charge is -2.11. The van der Waals surface area contributed by atoms with Crippen molar-refractivity contribution in [2.24, 2.45) is 0 Å². The summed E-state index contributed by atoms with van der Waals surface area (Å²) in [6.07, 6.45) is 1.06. The number of carbonyl (C=O) groups is 1. The fraction of sp³-hybridized carbons (Fsp3) is 0.417. The lowest BCUT2D eigenvalue weighted by molar-refractivity contribution is 0.0976. The third-order valence-electron chi connectivity index (χ3n) is 2.24. The topological polar surface area (TPSA) is 35.5 Å². The van der Waals surface area contributed by atoms with Gasteiger partial charge in [-0.25, -0.2) is 0 Å².